The van der Waals surface area contributed by atoms with Crippen LogP contribution in [0.4, 0.5) is 0 Å². The van der Waals surface area contributed by atoms with Crippen molar-refractivity contribution in [2.24, 2.45) is 5.73 Å². The first-order valence-electron chi connectivity index (χ1n) is 7.22. The summed E-state index contributed by atoms with van der Waals surface area (Å²) in [5.41, 5.74) is 5.25. The van der Waals surface area contributed by atoms with Gasteiger partial charge in [0.05, 0.1) is 11.8 Å². The van der Waals surface area contributed by atoms with E-state index in [1.807, 2.05) is 6.92 Å². The summed E-state index contributed by atoms with van der Waals surface area (Å²) in [7, 11) is -3.24. The van der Waals surface area contributed by atoms with Gasteiger partial charge < -0.3 is 10.6 Å². The molecule has 0 saturated carbocycles. The Kier molecular flexibility index (Phi) is 5.97. The van der Waals surface area contributed by atoms with E-state index in [0.29, 0.717) is 13.0 Å². The molecule has 0 aromatic carbocycles. The third-order valence-corrected chi connectivity index (χ3v) is 4.42. The van der Waals surface area contributed by atoms with Gasteiger partial charge in [0.1, 0.15) is 0 Å². The van der Waals surface area contributed by atoms with Crippen molar-refractivity contribution in [1.29, 1.82) is 0 Å². The van der Waals surface area contributed by atoms with Crippen LogP contribution in [0.2, 0.25) is 0 Å². The van der Waals surface area contributed by atoms with E-state index in [0.717, 1.165) is 31.9 Å². The zero-order valence-corrected chi connectivity index (χ0v) is 13.5. The minimum Gasteiger partial charge on any atom is -0.337 e. The molecule has 20 heavy (non-hydrogen) atoms. The van der Waals surface area contributed by atoms with Crippen molar-refractivity contribution >= 4 is 15.9 Å². The molecule has 0 spiro atoms. The molecule has 6 nitrogen and oxygen atoms in total. The highest BCUT2D eigenvalue weighted by molar-refractivity contribution is 7.88. The van der Waals surface area contributed by atoms with E-state index in [1.165, 1.54) is 0 Å². The molecule has 2 atom stereocenters. The van der Waals surface area contributed by atoms with Crippen LogP contribution in [-0.2, 0) is 14.8 Å². The molecule has 1 fully saturated rings. The maximum Gasteiger partial charge on any atom is 0.242 e. The van der Waals surface area contributed by atoms with Crippen molar-refractivity contribution in [2.45, 2.75) is 57.5 Å². The van der Waals surface area contributed by atoms with Gasteiger partial charge in [-0.05, 0) is 32.6 Å². The van der Waals surface area contributed by atoms with Gasteiger partial charge in [-0.2, -0.15) is 0 Å². The molecule has 1 amide bonds. The molecule has 1 aliphatic heterocycles. The molecule has 1 aliphatic rings. The van der Waals surface area contributed by atoms with Crippen LogP contribution in [0.1, 0.15) is 46.0 Å². The fourth-order valence-corrected chi connectivity index (χ4v) is 3.18. The second-order valence-electron chi connectivity index (χ2n) is 5.94. The largest absolute Gasteiger partial charge is 0.337 e. The summed E-state index contributed by atoms with van der Waals surface area (Å²) >= 11 is 0. The smallest absolute Gasteiger partial charge is 0.242 e. The highest BCUT2D eigenvalue weighted by atomic mass is 32.2. The lowest BCUT2D eigenvalue weighted by atomic mass is 9.92. The first-order valence-corrected chi connectivity index (χ1v) is 9.11. The number of hydrogen-bond donors (Lipinski definition) is 2. The Morgan fingerprint density at radius 1 is 1.45 bits per heavy atom. The molecule has 0 radical (unpaired) electrons. The first-order chi connectivity index (χ1) is 9.17. The number of sulfonamides is 1. The topological polar surface area (TPSA) is 92.5 Å². The molecule has 1 rings (SSSR count). The van der Waals surface area contributed by atoms with E-state index >= 15 is 0 Å². The molecular weight excluding hydrogens is 278 g/mol. The van der Waals surface area contributed by atoms with Gasteiger partial charge in [0.25, 0.3) is 0 Å². The number of nitrogens with two attached hydrogens (primary N) is 1. The lowest BCUT2D eigenvalue weighted by Crippen LogP contribution is -2.59. The lowest BCUT2D eigenvalue weighted by molar-refractivity contribution is -0.140. The molecule has 1 heterocycles. The number of likely N-dealkylation sites (tertiary alicyclic amines) is 1. The standard InChI is InChI=1S/C13H27N3O3S/c1-4-8-13(2,14)12(17)16-9-6-5-7-11(16)10-15-20(3,18)19/h11,15H,4-10,14H2,1-3H3. The maximum atomic E-state index is 12.6. The normalized spacial score (nSPS) is 23.4. The monoisotopic (exact) mass is 305 g/mol. The predicted molar refractivity (Wildman–Crippen MR) is 79.7 cm³/mol. The van der Waals surface area contributed by atoms with Crippen molar-refractivity contribution in [3.05, 3.63) is 0 Å². The Labute approximate surface area is 122 Å². The lowest BCUT2D eigenvalue weighted by Gasteiger charge is -2.40. The van der Waals surface area contributed by atoms with Crippen LogP contribution in [0.25, 0.3) is 0 Å². The van der Waals surface area contributed by atoms with Gasteiger partial charge in [0.2, 0.25) is 15.9 Å². The summed E-state index contributed by atoms with van der Waals surface area (Å²) in [4.78, 5) is 14.3. The van der Waals surface area contributed by atoms with E-state index in [4.69, 9.17) is 5.73 Å². The number of nitrogens with zero attached hydrogens (tertiary/aromatic N) is 1. The van der Waals surface area contributed by atoms with E-state index in [1.54, 1.807) is 11.8 Å². The summed E-state index contributed by atoms with van der Waals surface area (Å²) in [6.07, 6.45) is 5.38. The average molecular weight is 305 g/mol. The fourth-order valence-electron chi connectivity index (χ4n) is 2.68. The average Bonchev–Trinajstić information content (AvgIpc) is 2.35. The minimum absolute atomic E-state index is 0.0700. The fraction of sp³-hybridized carbons (Fsp3) is 0.923. The molecule has 3 N–H and O–H groups in total. The highest BCUT2D eigenvalue weighted by Crippen LogP contribution is 2.22. The SMILES string of the molecule is CCCC(C)(N)C(=O)N1CCCCC1CNS(C)(=O)=O. The van der Waals surface area contributed by atoms with Crippen LogP contribution in [0, 0.1) is 0 Å². The van der Waals surface area contributed by atoms with E-state index in [9.17, 15) is 13.2 Å². The summed E-state index contributed by atoms with van der Waals surface area (Å²) in [6.45, 7) is 4.68. The Balaban J connectivity index is 2.75. The summed E-state index contributed by atoms with van der Waals surface area (Å²) in [5, 5.41) is 0. The molecule has 118 valence electrons. The molecule has 0 aliphatic carbocycles. The number of nitrogens with one attached hydrogen (secondary N) is 1. The van der Waals surface area contributed by atoms with Crippen LogP contribution in [0.15, 0.2) is 0 Å². The molecule has 0 aromatic heterocycles. The Bertz CT molecular complexity index is 434. The Morgan fingerprint density at radius 2 is 2.10 bits per heavy atom. The van der Waals surface area contributed by atoms with Gasteiger partial charge in [-0.3, -0.25) is 4.79 Å². The van der Waals surface area contributed by atoms with Crippen LogP contribution in [0.3, 0.4) is 0 Å². The molecule has 0 aromatic rings. The van der Waals surface area contributed by atoms with Crippen molar-refractivity contribution < 1.29 is 13.2 Å². The number of rotatable bonds is 6. The Morgan fingerprint density at radius 3 is 2.65 bits per heavy atom. The van der Waals surface area contributed by atoms with Gasteiger partial charge in [-0.1, -0.05) is 13.3 Å². The Hall–Kier alpha value is -0.660. The number of piperidine rings is 1. The van der Waals surface area contributed by atoms with Crippen molar-refractivity contribution in [1.82, 2.24) is 9.62 Å². The second kappa shape index (κ2) is 6.87. The van der Waals surface area contributed by atoms with Gasteiger partial charge >= 0.3 is 0 Å². The van der Waals surface area contributed by atoms with E-state index in [-0.39, 0.29) is 18.5 Å². The highest BCUT2D eigenvalue weighted by Gasteiger charge is 2.36. The molecule has 1 saturated heterocycles. The van der Waals surface area contributed by atoms with Crippen LogP contribution < -0.4 is 10.5 Å². The van der Waals surface area contributed by atoms with Crippen molar-refractivity contribution in [3.63, 3.8) is 0 Å². The van der Waals surface area contributed by atoms with Gasteiger partial charge in [-0.25, -0.2) is 13.1 Å². The number of carbonyl (C=O) groups excluding carboxylic acids is 1. The summed E-state index contributed by atoms with van der Waals surface area (Å²) < 4.78 is 24.9. The predicted octanol–water partition coefficient (Wildman–Crippen LogP) is 0.434. The minimum atomic E-state index is -3.24. The quantitative estimate of drug-likeness (QED) is 0.744. The van der Waals surface area contributed by atoms with Crippen molar-refractivity contribution in [3.8, 4) is 0 Å². The van der Waals surface area contributed by atoms with E-state index < -0.39 is 15.6 Å². The van der Waals surface area contributed by atoms with E-state index in [2.05, 4.69) is 4.72 Å². The zero-order valence-electron chi connectivity index (χ0n) is 12.7. The molecule has 0 bridgehead atoms. The van der Waals surface area contributed by atoms with Crippen LogP contribution in [0.5, 0.6) is 0 Å². The number of carbonyl (C=O) groups is 1. The first kappa shape index (κ1) is 17.4. The molecule has 7 heteroatoms. The number of hydrogen-bond acceptors (Lipinski definition) is 4. The zero-order chi connectivity index (χ0) is 15.4. The summed E-state index contributed by atoms with van der Waals surface area (Å²) in [6, 6.07) is -0.0919. The van der Waals surface area contributed by atoms with Gasteiger partial charge in [0.15, 0.2) is 0 Å². The van der Waals surface area contributed by atoms with Crippen LogP contribution in [-0.4, -0.2) is 50.2 Å². The molecule has 2 unspecified atom stereocenters. The third-order valence-electron chi connectivity index (χ3n) is 3.73. The van der Waals surface area contributed by atoms with Crippen molar-refractivity contribution in [2.75, 3.05) is 19.3 Å². The van der Waals surface area contributed by atoms with Gasteiger partial charge in [0, 0.05) is 19.1 Å². The second-order valence-corrected chi connectivity index (χ2v) is 7.77. The molecular formula is C13H27N3O3S. The van der Waals surface area contributed by atoms with Gasteiger partial charge in [-0.15, -0.1) is 0 Å². The van der Waals surface area contributed by atoms with Crippen LogP contribution >= 0.6 is 0 Å². The number of amides is 1. The maximum absolute atomic E-state index is 12.6. The third kappa shape index (κ3) is 5.03. The summed E-state index contributed by atoms with van der Waals surface area (Å²) in [5.74, 6) is -0.0700.